The van der Waals surface area contributed by atoms with Crippen molar-refractivity contribution in [1.82, 2.24) is 0 Å². The van der Waals surface area contributed by atoms with Gasteiger partial charge in [0.1, 0.15) is 4.75 Å². The van der Waals surface area contributed by atoms with Gasteiger partial charge in [0.25, 0.3) is 20.2 Å². The van der Waals surface area contributed by atoms with E-state index in [9.17, 15) is 16.8 Å². The molecule has 0 heterocycles. The molecule has 0 atom stereocenters. The van der Waals surface area contributed by atoms with Crippen LogP contribution in [0.4, 0.5) is 0 Å². The first-order chi connectivity index (χ1) is 7.08. The number of hydrogen-bond acceptors (Lipinski definition) is 4. The summed E-state index contributed by atoms with van der Waals surface area (Å²) in [6, 6.07) is 0. The Kier molecular flexibility index (Phi) is 4.86. The number of rotatable bonds is 7. The summed E-state index contributed by atoms with van der Waals surface area (Å²) in [5.74, 6) is -0.591. The quantitative estimate of drug-likeness (QED) is 0.519. The van der Waals surface area contributed by atoms with Crippen molar-refractivity contribution in [3.63, 3.8) is 0 Å². The maximum Gasteiger partial charge on any atom is 0.277 e. The van der Waals surface area contributed by atoms with Crippen molar-refractivity contribution in [2.24, 2.45) is 0 Å². The highest BCUT2D eigenvalue weighted by Crippen LogP contribution is 2.25. The first kappa shape index (κ1) is 15.3. The van der Waals surface area contributed by atoms with Crippen LogP contribution >= 0.6 is 0 Å². The Bertz CT molecular complexity index is 451. The van der Waals surface area contributed by atoms with E-state index in [2.05, 4.69) is 13.2 Å². The van der Waals surface area contributed by atoms with Crippen LogP contribution in [0.15, 0.2) is 25.3 Å². The van der Waals surface area contributed by atoms with Gasteiger partial charge in [-0.3, -0.25) is 9.11 Å². The largest absolute Gasteiger partial charge is 0.286 e. The molecule has 0 aromatic carbocycles. The molecule has 0 unspecified atom stereocenters. The predicted molar refractivity (Wildman–Crippen MR) is 60.3 cm³/mol. The minimum Gasteiger partial charge on any atom is -0.286 e. The molecule has 16 heavy (non-hydrogen) atoms. The van der Waals surface area contributed by atoms with E-state index in [-0.39, 0.29) is 12.8 Å². The molecule has 2 N–H and O–H groups in total. The summed E-state index contributed by atoms with van der Waals surface area (Å²) in [5.41, 5.74) is 0. The SMILES string of the molecule is C=CC(C=C)(CCCS(=O)(=O)O)S(=O)(=O)O. The predicted octanol–water partition coefficient (Wildman–Crippen LogP) is 0.653. The van der Waals surface area contributed by atoms with Crippen LogP contribution in [-0.4, -0.2) is 36.4 Å². The lowest BCUT2D eigenvalue weighted by atomic mass is 10.0. The molecule has 6 nitrogen and oxygen atoms in total. The van der Waals surface area contributed by atoms with Crippen LogP contribution < -0.4 is 0 Å². The summed E-state index contributed by atoms with van der Waals surface area (Å²) in [4.78, 5) is 0. The van der Waals surface area contributed by atoms with E-state index in [1.165, 1.54) is 0 Å². The average Bonchev–Trinajstić information content (AvgIpc) is 2.09. The third-order valence-electron chi connectivity index (χ3n) is 2.14. The summed E-state index contributed by atoms with van der Waals surface area (Å²) >= 11 is 0. The topological polar surface area (TPSA) is 109 Å². The van der Waals surface area contributed by atoms with Gasteiger partial charge >= 0.3 is 0 Å². The van der Waals surface area contributed by atoms with E-state index in [1.807, 2.05) is 0 Å². The van der Waals surface area contributed by atoms with E-state index < -0.39 is 30.7 Å². The van der Waals surface area contributed by atoms with Crippen LogP contribution in [0.5, 0.6) is 0 Å². The van der Waals surface area contributed by atoms with Crippen LogP contribution in [-0.2, 0) is 20.2 Å². The van der Waals surface area contributed by atoms with Crippen molar-refractivity contribution < 1.29 is 25.9 Å². The van der Waals surface area contributed by atoms with Gasteiger partial charge in [0.05, 0.1) is 5.75 Å². The second-order valence-electron chi connectivity index (χ2n) is 3.23. The lowest BCUT2D eigenvalue weighted by Gasteiger charge is -2.22. The van der Waals surface area contributed by atoms with Gasteiger partial charge in [0.2, 0.25) is 0 Å². The molecular weight excluding hydrogens is 256 g/mol. The van der Waals surface area contributed by atoms with Gasteiger partial charge in [-0.15, -0.1) is 13.2 Å². The molecule has 0 amide bonds. The molecular formula is C8H14O6S2. The van der Waals surface area contributed by atoms with Crippen LogP contribution in [0.2, 0.25) is 0 Å². The summed E-state index contributed by atoms with van der Waals surface area (Å²) in [6.07, 6.45) is 1.58. The highest BCUT2D eigenvalue weighted by atomic mass is 32.2. The van der Waals surface area contributed by atoms with Crippen molar-refractivity contribution in [3.05, 3.63) is 25.3 Å². The summed E-state index contributed by atoms with van der Waals surface area (Å²) < 4.78 is 58.7. The molecule has 0 saturated heterocycles. The lowest BCUT2D eigenvalue weighted by molar-refractivity contribution is 0.450. The van der Waals surface area contributed by atoms with E-state index in [0.717, 1.165) is 12.2 Å². The summed E-state index contributed by atoms with van der Waals surface area (Å²) in [7, 11) is -8.61. The normalized spacial score (nSPS) is 13.4. The van der Waals surface area contributed by atoms with Gasteiger partial charge in [0.15, 0.2) is 0 Å². The fourth-order valence-corrected chi connectivity index (χ4v) is 2.49. The van der Waals surface area contributed by atoms with E-state index in [4.69, 9.17) is 9.11 Å². The fourth-order valence-electron chi connectivity index (χ4n) is 1.16. The molecule has 0 bridgehead atoms. The first-order valence-electron chi connectivity index (χ1n) is 4.27. The maximum absolute atomic E-state index is 11.1. The standard InChI is InChI=1S/C8H14O6S2/c1-3-8(4-2,16(12,13)14)6-5-7-15(9,10)11/h3-4H,1-2,5-7H2,(H,9,10,11)(H,12,13,14). The fraction of sp³-hybridized carbons (Fsp3) is 0.500. The van der Waals surface area contributed by atoms with Crippen LogP contribution in [0.1, 0.15) is 12.8 Å². The smallest absolute Gasteiger partial charge is 0.277 e. The van der Waals surface area contributed by atoms with Gasteiger partial charge in [-0.1, -0.05) is 12.2 Å². The van der Waals surface area contributed by atoms with Crippen molar-refractivity contribution in [2.45, 2.75) is 17.6 Å². The number of hydrogen-bond donors (Lipinski definition) is 2. The molecule has 0 saturated carbocycles. The molecule has 0 fully saturated rings. The molecule has 0 rings (SSSR count). The Labute approximate surface area is 95.2 Å². The Hall–Kier alpha value is -0.700. The molecule has 0 aliphatic rings. The third kappa shape index (κ3) is 4.05. The Morgan fingerprint density at radius 3 is 1.75 bits per heavy atom. The van der Waals surface area contributed by atoms with Crippen molar-refractivity contribution in [1.29, 1.82) is 0 Å². The Morgan fingerprint density at radius 2 is 1.50 bits per heavy atom. The van der Waals surface area contributed by atoms with E-state index >= 15 is 0 Å². The van der Waals surface area contributed by atoms with Gasteiger partial charge in [-0.05, 0) is 12.8 Å². The van der Waals surface area contributed by atoms with E-state index in [1.54, 1.807) is 0 Å². The first-order valence-corrected chi connectivity index (χ1v) is 7.32. The second-order valence-corrected chi connectivity index (χ2v) is 6.51. The van der Waals surface area contributed by atoms with Crippen LogP contribution in [0, 0.1) is 0 Å². The average molecular weight is 270 g/mol. The summed E-state index contributed by atoms with van der Waals surface area (Å²) in [6.45, 7) is 6.53. The minimum absolute atomic E-state index is 0.142. The minimum atomic E-state index is -4.46. The molecule has 0 aromatic heterocycles. The van der Waals surface area contributed by atoms with Gasteiger partial charge in [0, 0.05) is 0 Å². The maximum atomic E-state index is 11.1. The Balaban J connectivity index is 4.87. The van der Waals surface area contributed by atoms with Gasteiger partial charge in [-0.2, -0.15) is 16.8 Å². The monoisotopic (exact) mass is 270 g/mol. The van der Waals surface area contributed by atoms with Crippen LogP contribution in [0.3, 0.4) is 0 Å². The van der Waals surface area contributed by atoms with E-state index in [0.29, 0.717) is 0 Å². The molecule has 0 aliphatic carbocycles. The molecule has 0 radical (unpaired) electrons. The third-order valence-corrected chi connectivity index (χ3v) is 4.44. The zero-order chi connectivity index (χ0) is 13.0. The highest BCUT2D eigenvalue weighted by molar-refractivity contribution is 7.87. The second kappa shape index (κ2) is 5.09. The Morgan fingerprint density at radius 1 is 1.06 bits per heavy atom. The zero-order valence-corrected chi connectivity index (χ0v) is 10.2. The van der Waals surface area contributed by atoms with Crippen molar-refractivity contribution in [2.75, 3.05) is 5.75 Å². The summed E-state index contributed by atoms with van der Waals surface area (Å²) in [5, 5.41) is 0. The molecule has 8 heteroatoms. The van der Waals surface area contributed by atoms with Crippen molar-refractivity contribution in [3.8, 4) is 0 Å². The van der Waals surface area contributed by atoms with Crippen LogP contribution in [0.25, 0.3) is 0 Å². The zero-order valence-electron chi connectivity index (χ0n) is 8.53. The van der Waals surface area contributed by atoms with Gasteiger partial charge in [-0.25, -0.2) is 0 Å². The highest BCUT2D eigenvalue weighted by Gasteiger charge is 2.36. The lowest BCUT2D eigenvalue weighted by Crippen LogP contribution is -2.34. The molecule has 0 spiro atoms. The van der Waals surface area contributed by atoms with Crippen molar-refractivity contribution >= 4 is 20.2 Å². The molecule has 94 valence electrons. The van der Waals surface area contributed by atoms with Gasteiger partial charge < -0.3 is 0 Å². The molecule has 0 aliphatic heterocycles. The molecule has 0 aromatic rings.